The molecule has 0 aliphatic carbocycles. The minimum absolute atomic E-state index is 0.0807. The summed E-state index contributed by atoms with van der Waals surface area (Å²) in [4.78, 5) is 51.9. The van der Waals surface area contributed by atoms with E-state index in [1.165, 1.54) is 18.2 Å². The average molecular weight is 549 g/mol. The zero-order chi connectivity index (χ0) is 25.2. The summed E-state index contributed by atoms with van der Waals surface area (Å²) >= 11 is 3.31. The van der Waals surface area contributed by atoms with Gasteiger partial charge in [-0.2, -0.15) is 0 Å². The number of carbonyl (C=O) groups is 4. The lowest BCUT2D eigenvalue weighted by Crippen LogP contribution is -2.35. The first kappa shape index (κ1) is 23.3. The molecule has 2 aliphatic heterocycles. The number of halogens is 1. The lowest BCUT2D eigenvalue weighted by Gasteiger charge is -2.15. The van der Waals surface area contributed by atoms with E-state index in [1.54, 1.807) is 54.6 Å². The molecule has 0 radical (unpaired) electrons. The number of amides is 3. The maximum Gasteiger partial charge on any atom is 0.356 e. The predicted molar refractivity (Wildman–Crippen MR) is 130 cm³/mol. The highest BCUT2D eigenvalue weighted by Gasteiger charge is 2.36. The van der Waals surface area contributed by atoms with Crippen molar-refractivity contribution in [1.29, 1.82) is 0 Å². The van der Waals surface area contributed by atoms with Gasteiger partial charge in [-0.05, 0) is 54.1 Å². The number of fused-ring (bicyclic) bond motifs is 2. The zero-order valence-corrected chi connectivity index (χ0v) is 20.1. The van der Waals surface area contributed by atoms with Gasteiger partial charge < -0.3 is 19.5 Å². The monoisotopic (exact) mass is 548 g/mol. The van der Waals surface area contributed by atoms with Crippen LogP contribution in [0, 0.1) is 0 Å². The van der Waals surface area contributed by atoms with Gasteiger partial charge >= 0.3 is 5.97 Å². The molecule has 3 aromatic carbocycles. The van der Waals surface area contributed by atoms with E-state index in [1.807, 2.05) is 0 Å². The molecule has 3 aromatic rings. The van der Waals surface area contributed by atoms with Gasteiger partial charge in [-0.15, -0.1) is 0 Å². The van der Waals surface area contributed by atoms with Gasteiger partial charge in [0.1, 0.15) is 5.70 Å². The molecule has 36 heavy (non-hydrogen) atoms. The Hall–Kier alpha value is -4.44. The molecular weight excluding hydrogens is 532 g/mol. The first-order chi connectivity index (χ1) is 17.4. The molecular formula is C26H17BrN2O7. The lowest BCUT2D eigenvalue weighted by molar-refractivity contribution is -0.141. The fraction of sp³-hybridized carbons (Fsp3) is 0.0769. The van der Waals surface area contributed by atoms with Crippen molar-refractivity contribution in [3.05, 3.63) is 99.2 Å². The zero-order valence-electron chi connectivity index (χ0n) is 18.5. The second kappa shape index (κ2) is 9.67. The second-order valence-corrected chi connectivity index (χ2v) is 8.70. The largest absolute Gasteiger partial charge is 0.454 e. The third kappa shape index (κ3) is 4.58. The van der Waals surface area contributed by atoms with Crippen LogP contribution in [0.2, 0.25) is 0 Å². The summed E-state index contributed by atoms with van der Waals surface area (Å²) in [7, 11) is 0. The molecule has 2 aliphatic rings. The molecule has 0 saturated carbocycles. The van der Waals surface area contributed by atoms with Crippen molar-refractivity contribution >= 4 is 45.7 Å². The Balaban J connectivity index is 1.38. The standard InChI is InChI=1S/C26H17BrN2O7/c27-17-5-3-4-16(12-17)23(30)28-20(10-15-8-9-21-22(11-15)36-14-35-21)26(33)34-13-29-24(31)18-6-1-2-7-19(18)25(29)32/h1-12H,13-14H2,(H,28,30). The summed E-state index contributed by atoms with van der Waals surface area (Å²) in [5.41, 5.74) is 1.10. The van der Waals surface area contributed by atoms with Crippen LogP contribution in [0.1, 0.15) is 36.6 Å². The Bertz CT molecular complexity index is 1410. The molecule has 1 N–H and O–H groups in total. The molecule has 0 fully saturated rings. The fourth-order valence-corrected chi connectivity index (χ4v) is 4.10. The number of benzene rings is 3. The SMILES string of the molecule is O=C(OCN1C(=O)c2ccccc2C1=O)C(=Cc1ccc2c(c1)OCO2)NC(=O)c1cccc(Br)c1. The molecule has 0 unspecified atom stereocenters. The van der Waals surface area contributed by atoms with E-state index in [0.717, 1.165) is 4.90 Å². The van der Waals surface area contributed by atoms with Crippen molar-refractivity contribution in [2.24, 2.45) is 0 Å². The topological polar surface area (TPSA) is 111 Å². The van der Waals surface area contributed by atoms with Crippen molar-refractivity contribution in [2.45, 2.75) is 0 Å². The van der Waals surface area contributed by atoms with E-state index in [0.29, 0.717) is 27.1 Å². The third-order valence-electron chi connectivity index (χ3n) is 5.47. The molecule has 0 bridgehead atoms. The Kier molecular flexibility index (Phi) is 6.26. The van der Waals surface area contributed by atoms with Gasteiger partial charge in [0.15, 0.2) is 18.2 Å². The van der Waals surface area contributed by atoms with E-state index in [4.69, 9.17) is 14.2 Å². The Morgan fingerprint density at radius 3 is 2.39 bits per heavy atom. The molecule has 0 atom stereocenters. The minimum Gasteiger partial charge on any atom is -0.454 e. The van der Waals surface area contributed by atoms with Crippen LogP contribution in [0.4, 0.5) is 0 Å². The van der Waals surface area contributed by atoms with Crippen LogP contribution in [-0.4, -0.2) is 42.1 Å². The molecule has 2 heterocycles. The number of hydrogen-bond donors (Lipinski definition) is 1. The Morgan fingerprint density at radius 1 is 0.944 bits per heavy atom. The molecule has 0 saturated heterocycles. The molecule has 5 rings (SSSR count). The summed E-state index contributed by atoms with van der Waals surface area (Å²) < 4.78 is 16.6. The second-order valence-electron chi connectivity index (χ2n) is 7.78. The van der Waals surface area contributed by atoms with Crippen LogP contribution >= 0.6 is 15.9 Å². The Morgan fingerprint density at radius 2 is 1.67 bits per heavy atom. The molecule has 3 amide bonds. The highest BCUT2D eigenvalue weighted by atomic mass is 79.9. The van der Waals surface area contributed by atoms with E-state index in [9.17, 15) is 19.2 Å². The van der Waals surface area contributed by atoms with Crippen LogP contribution in [0.5, 0.6) is 11.5 Å². The molecule has 10 heteroatoms. The number of carbonyl (C=O) groups excluding carboxylic acids is 4. The number of ether oxygens (including phenoxy) is 3. The van der Waals surface area contributed by atoms with Crippen LogP contribution < -0.4 is 14.8 Å². The van der Waals surface area contributed by atoms with Crippen molar-refractivity contribution in [1.82, 2.24) is 10.2 Å². The highest BCUT2D eigenvalue weighted by Crippen LogP contribution is 2.33. The normalized spacial score (nSPS) is 14.0. The van der Waals surface area contributed by atoms with E-state index in [-0.39, 0.29) is 23.6 Å². The minimum atomic E-state index is -0.937. The summed E-state index contributed by atoms with van der Waals surface area (Å²) in [6, 6.07) is 18.0. The number of esters is 1. The van der Waals surface area contributed by atoms with Gasteiger partial charge in [-0.25, -0.2) is 9.69 Å². The predicted octanol–water partition coefficient (Wildman–Crippen LogP) is 3.75. The van der Waals surface area contributed by atoms with Gasteiger partial charge in [-0.3, -0.25) is 14.4 Å². The van der Waals surface area contributed by atoms with E-state index in [2.05, 4.69) is 21.2 Å². The maximum atomic E-state index is 13.0. The van der Waals surface area contributed by atoms with E-state index >= 15 is 0 Å². The lowest BCUT2D eigenvalue weighted by atomic mass is 10.1. The summed E-state index contributed by atoms with van der Waals surface area (Å²) in [5.74, 6) is -1.58. The fourth-order valence-electron chi connectivity index (χ4n) is 3.70. The first-order valence-corrected chi connectivity index (χ1v) is 11.5. The summed E-state index contributed by atoms with van der Waals surface area (Å²) in [6.45, 7) is -0.534. The number of imide groups is 1. The van der Waals surface area contributed by atoms with Crippen molar-refractivity contribution in [3.8, 4) is 11.5 Å². The van der Waals surface area contributed by atoms with Crippen LogP contribution in [0.15, 0.2) is 76.9 Å². The van der Waals surface area contributed by atoms with Crippen molar-refractivity contribution in [3.63, 3.8) is 0 Å². The number of rotatable bonds is 6. The molecule has 0 aromatic heterocycles. The molecule has 0 spiro atoms. The van der Waals surface area contributed by atoms with Crippen molar-refractivity contribution < 1.29 is 33.4 Å². The highest BCUT2D eigenvalue weighted by molar-refractivity contribution is 9.10. The van der Waals surface area contributed by atoms with Crippen LogP contribution in [0.3, 0.4) is 0 Å². The first-order valence-electron chi connectivity index (χ1n) is 10.7. The van der Waals surface area contributed by atoms with E-state index < -0.39 is 30.4 Å². The van der Waals surface area contributed by atoms with Crippen molar-refractivity contribution in [2.75, 3.05) is 13.5 Å². The van der Waals surface area contributed by atoms with Gasteiger partial charge in [0.05, 0.1) is 11.1 Å². The van der Waals surface area contributed by atoms with Gasteiger partial charge in [-0.1, -0.05) is 40.2 Å². The molecule has 180 valence electrons. The summed E-state index contributed by atoms with van der Waals surface area (Å²) in [6.07, 6.45) is 1.41. The van der Waals surface area contributed by atoms with Crippen LogP contribution in [-0.2, 0) is 9.53 Å². The number of nitrogens with one attached hydrogen (secondary N) is 1. The molecule has 9 nitrogen and oxygen atoms in total. The third-order valence-corrected chi connectivity index (χ3v) is 5.96. The number of hydrogen-bond acceptors (Lipinski definition) is 7. The smallest absolute Gasteiger partial charge is 0.356 e. The van der Waals surface area contributed by atoms with Crippen LogP contribution in [0.25, 0.3) is 6.08 Å². The van der Waals surface area contributed by atoms with Gasteiger partial charge in [0.25, 0.3) is 17.7 Å². The quantitative estimate of drug-likeness (QED) is 0.283. The van der Waals surface area contributed by atoms with Gasteiger partial charge in [0.2, 0.25) is 6.79 Å². The average Bonchev–Trinajstić information content (AvgIpc) is 3.44. The number of nitrogens with zero attached hydrogens (tertiary/aromatic N) is 1. The van der Waals surface area contributed by atoms with Gasteiger partial charge in [0, 0.05) is 10.0 Å². The summed E-state index contributed by atoms with van der Waals surface area (Å²) in [5, 5.41) is 2.56. The maximum absolute atomic E-state index is 13.0. The Labute approximate surface area is 213 Å².